The summed E-state index contributed by atoms with van der Waals surface area (Å²) in [5.74, 6) is 0.114. The Morgan fingerprint density at radius 1 is 0.882 bits per heavy atom. The fourth-order valence-corrected chi connectivity index (χ4v) is 4.15. The van der Waals surface area contributed by atoms with Crippen LogP contribution < -0.4 is 9.62 Å². The Morgan fingerprint density at radius 2 is 1.56 bits per heavy atom. The molecule has 0 bridgehead atoms. The van der Waals surface area contributed by atoms with Crippen molar-refractivity contribution in [1.29, 1.82) is 0 Å². The van der Waals surface area contributed by atoms with E-state index in [4.69, 9.17) is 0 Å². The van der Waals surface area contributed by atoms with Gasteiger partial charge < -0.3 is 14.6 Å². The van der Waals surface area contributed by atoms with E-state index in [-0.39, 0.29) is 10.8 Å². The number of nitrogens with one attached hydrogen (secondary N) is 1. The minimum absolute atomic E-state index is 0.0258. The van der Waals surface area contributed by atoms with Crippen molar-refractivity contribution >= 4 is 23.0 Å². The first-order chi connectivity index (χ1) is 15.9. The van der Waals surface area contributed by atoms with E-state index >= 15 is 0 Å². The molecular weight excluding hydrogens is 486 g/mol. The Hall–Kier alpha value is -3.03. The molecule has 0 saturated carbocycles. The van der Waals surface area contributed by atoms with Crippen LogP contribution in [0, 0.1) is 0 Å². The summed E-state index contributed by atoms with van der Waals surface area (Å²) in [6.07, 6.45) is -10.4. The first-order valence-corrected chi connectivity index (χ1v) is 10.9. The number of benzene rings is 1. The third kappa shape index (κ3) is 5.05. The van der Waals surface area contributed by atoms with E-state index in [0.717, 1.165) is 18.2 Å². The highest BCUT2D eigenvalue weighted by Crippen LogP contribution is 2.42. The summed E-state index contributed by atoms with van der Waals surface area (Å²) >= 11 is -2.08. The van der Waals surface area contributed by atoms with E-state index in [0.29, 0.717) is 31.0 Å². The summed E-state index contributed by atoms with van der Waals surface area (Å²) in [5, 5.41) is 9.45. The van der Waals surface area contributed by atoms with Gasteiger partial charge in [0.1, 0.15) is 17.2 Å². The molecule has 34 heavy (non-hydrogen) atoms. The van der Waals surface area contributed by atoms with Crippen molar-refractivity contribution in [1.82, 2.24) is 9.97 Å². The van der Waals surface area contributed by atoms with Crippen molar-refractivity contribution < 1.29 is 36.0 Å². The molecule has 4 rings (SSSR count). The van der Waals surface area contributed by atoms with Gasteiger partial charge in [0, 0.05) is 24.7 Å². The quantitative estimate of drug-likeness (QED) is 0.395. The zero-order valence-corrected chi connectivity index (χ0v) is 17.9. The molecule has 0 spiro atoms. The summed E-state index contributed by atoms with van der Waals surface area (Å²) < 4.78 is 96.2. The second-order valence-corrected chi connectivity index (χ2v) is 8.56. The van der Waals surface area contributed by atoms with Gasteiger partial charge in [0.2, 0.25) is 0 Å². The molecule has 1 unspecified atom stereocenters. The lowest BCUT2D eigenvalue weighted by atomic mass is 9.99. The lowest BCUT2D eigenvalue weighted by Crippen LogP contribution is -2.51. The average molecular weight is 502 g/mol. The molecule has 1 saturated heterocycles. The molecule has 13 heteroatoms. The van der Waals surface area contributed by atoms with Crippen LogP contribution in [0.15, 0.2) is 59.6 Å². The molecule has 1 fully saturated rings. The van der Waals surface area contributed by atoms with E-state index in [1.165, 1.54) is 12.1 Å². The van der Waals surface area contributed by atoms with Gasteiger partial charge in [-0.3, -0.25) is 0 Å². The van der Waals surface area contributed by atoms with E-state index < -0.39 is 52.2 Å². The number of nitrogens with zero attached hydrogens (tertiary/aromatic N) is 3. The van der Waals surface area contributed by atoms with E-state index in [1.807, 2.05) is 0 Å². The number of hydrogen-bond acceptors (Lipinski definition) is 6. The van der Waals surface area contributed by atoms with Crippen LogP contribution in [0.1, 0.15) is 11.1 Å². The van der Waals surface area contributed by atoms with Gasteiger partial charge in [-0.15, -0.1) is 0 Å². The van der Waals surface area contributed by atoms with Gasteiger partial charge in [-0.1, -0.05) is 24.3 Å². The predicted molar refractivity (Wildman–Crippen MR) is 112 cm³/mol. The molecule has 180 valence electrons. The van der Waals surface area contributed by atoms with Crippen molar-refractivity contribution in [3.8, 4) is 11.3 Å². The van der Waals surface area contributed by atoms with E-state index in [2.05, 4.69) is 14.7 Å². The van der Waals surface area contributed by atoms with Gasteiger partial charge in [0.15, 0.2) is 5.82 Å². The van der Waals surface area contributed by atoms with Crippen LogP contribution in [0.4, 0.5) is 38.0 Å². The van der Waals surface area contributed by atoms with Crippen molar-refractivity contribution in [2.24, 2.45) is 0 Å². The fraction of sp³-hybridized carbons (Fsp3) is 0.238. The maximum atomic E-state index is 13.6. The minimum atomic E-state index is -4.98. The van der Waals surface area contributed by atoms with Gasteiger partial charge in [-0.25, -0.2) is 4.98 Å². The summed E-state index contributed by atoms with van der Waals surface area (Å²) in [7, 11) is 0. The standard InChI is InChI=1S/C21H16F6N4O2S/c22-20(23,24)14-5-2-1-4-13(14)19-15(21(25,26)27)8-9-16(28-19)30-34(33)18-7-3-6-17(29-18)31-10-12(32)11-31/h1-9,12,32H,10-11H2,(H,28,30). The monoisotopic (exact) mass is 502 g/mol. The number of pyridine rings is 2. The van der Waals surface area contributed by atoms with Crippen molar-refractivity contribution in [2.75, 3.05) is 22.7 Å². The van der Waals surface area contributed by atoms with Crippen LogP contribution in [0.3, 0.4) is 0 Å². The summed E-state index contributed by atoms with van der Waals surface area (Å²) in [6.45, 7) is 0.692. The van der Waals surface area contributed by atoms with Crippen LogP contribution >= 0.6 is 0 Å². The number of hydrogen-bond donors (Lipinski definition) is 2. The predicted octanol–water partition coefficient (Wildman–Crippen LogP) is 4.50. The van der Waals surface area contributed by atoms with Gasteiger partial charge in [0.05, 0.1) is 22.9 Å². The summed E-state index contributed by atoms with van der Waals surface area (Å²) in [5.41, 5.74) is -4.35. The van der Waals surface area contributed by atoms with Gasteiger partial charge in [-0.05, 0) is 24.3 Å². The van der Waals surface area contributed by atoms with E-state index in [9.17, 15) is 36.0 Å². The number of alkyl halides is 6. The second kappa shape index (κ2) is 8.96. The fourth-order valence-electron chi connectivity index (χ4n) is 3.36. The first kappa shape index (κ1) is 24.1. The Kier molecular flexibility index (Phi) is 6.36. The lowest BCUT2D eigenvalue weighted by molar-refractivity contribution is -0.139. The highest BCUT2D eigenvalue weighted by molar-refractivity contribution is 7.92. The molecular formula is C21H16F6N4O2S. The van der Waals surface area contributed by atoms with Crippen LogP contribution in [-0.4, -0.2) is 38.8 Å². The topological polar surface area (TPSA) is 84.3 Å². The maximum Gasteiger partial charge on any atom is 0.418 e. The van der Waals surface area contributed by atoms with Crippen molar-refractivity contribution in [3.05, 3.63) is 65.7 Å². The number of β-amino-alcohol motifs (C(OH)–C–C–N with tert-alkyl or cyclic N) is 1. The Bertz CT molecular complexity index is 1180. The maximum absolute atomic E-state index is 13.6. The molecule has 1 aliphatic rings. The van der Waals surface area contributed by atoms with Gasteiger partial charge in [0.25, 0.3) is 5.03 Å². The molecule has 3 heterocycles. The highest BCUT2D eigenvalue weighted by Gasteiger charge is 2.39. The zero-order valence-electron chi connectivity index (χ0n) is 17.1. The smallest absolute Gasteiger partial charge is 0.418 e. The number of aliphatic hydroxyl groups is 1. The number of halogens is 6. The largest absolute Gasteiger partial charge is 0.587 e. The normalized spacial score (nSPS) is 15.7. The SMILES string of the molecule is [O-][S+](Nc1ccc(C(F)(F)F)c(-c2ccccc2C(F)(F)F)n1)c1cccc(N2CC(O)C2)n1. The number of aliphatic hydroxyl groups excluding tert-OH is 1. The lowest BCUT2D eigenvalue weighted by Gasteiger charge is -2.36. The van der Waals surface area contributed by atoms with Crippen LogP contribution in [0.5, 0.6) is 0 Å². The number of aromatic nitrogens is 2. The second-order valence-electron chi connectivity index (χ2n) is 7.40. The van der Waals surface area contributed by atoms with Crippen LogP contribution in [0.2, 0.25) is 0 Å². The Labute approximate surface area is 192 Å². The number of rotatable bonds is 5. The molecule has 1 atom stereocenters. The van der Waals surface area contributed by atoms with Gasteiger partial charge >= 0.3 is 12.4 Å². The Balaban J connectivity index is 1.68. The van der Waals surface area contributed by atoms with Crippen LogP contribution in [-0.2, 0) is 23.7 Å². The molecule has 2 aromatic heterocycles. The minimum Gasteiger partial charge on any atom is -0.587 e. The Morgan fingerprint density at radius 3 is 2.21 bits per heavy atom. The molecule has 3 aromatic rings. The highest BCUT2D eigenvalue weighted by atomic mass is 32.2. The summed E-state index contributed by atoms with van der Waals surface area (Å²) in [6, 6.07) is 9.87. The third-order valence-electron chi connectivity index (χ3n) is 4.97. The molecule has 1 aromatic carbocycles. The summed E-state index contributed by atoms with van der Waals surface area (Å²) in [4.78, 5) is 9.68. The molecule has 0 amide bonds. The molecule has 0 aliphatic carbocycles. The molecule has 1 aliphatic heterocycles. The van der Waals surface area contributed by atoms with E-state index in [1.54, 1.807) is 17.0 Å². The van der Waals surface area contributed by atoms with Crippen molar-refractivity contribution in [2.45, 2.75) is 23.5 Å². The average Bonchev–Trinajstić information content (AvgIpc) is 2.75. The first-order valence-electron chi connectivity index (χ1n) is 9.77. The zero-order chi connectivity index (χ0) is 24.7. The molecule has 0 radical (unpaired) electrons. The molecule has 6 nitrogen and oxygen atoms in total. The van der Waals surface area contributed by atoms with Gasteiger partial charge in [-0.2, -0.15) is 36.0 Å². The van der Waals surface area contributed by atoms with Crippen molar-refractivity contribution in [3.63, 3.8) is 0 Å². The third-order valence-corrected chi connectivity index (χ3v) is 5.97. The number of anilines is 2. The van der Waals surface area contributed by atoms with Crippen LogP contribution in [0.25, 0.3) is 11.3 Å². The molecule has 2 N–H and O–H groups in total.